The largest absolute Gasteiger partial charge is 0.311 e. The summed E-state index contributed by atoms with van der Waals surface area (Å²) in [6.45, 7) is 7.53. The molecule has 0 aromatic carbocycles. The lowest BCUT2D eigenvalue weighted by Gasteiger charge is -2.29. The molecule has 1 N–H and O–H groups in total. The van der Waals surface area contributed by atoms with Gasteiger partial charge in [0, 0.05) is 12.1 Å². The minimum atomic E-state index is 0. The molecule has 0 spiro atoms. The van der Waals surface area contributed by atoms with Gasteiger partial charge in [-0.05, 0) is 25.7 Å². The molecule has 0 bridgehead atoms. The van der Waals surface area contributed by atoms with Gasteiger partial charge in [0.25, 0.3) is 0 Å². The second kappa shape index (κ2) is 7.16. The first-order valence-electron chi connectivity index (χ1n) is 4.84. The smallest absolute Gasteiger partial charge is 0.0104 e. The highest BCUT2D eigenvalue weighted by Gasteiger charge is 2.18. The van der Waals surface area contributed by atoms with E-state index in [1.807, 2.05) is 12.2 Å². The van der Waals surface area contributed by atoms with E-state index in [9.17, 15) is 0 Å². The monoisotopic (exact) mass is 201 g/mol. The first-order chi connectivity index (χ1) is 5.86. The molecule has 1 fully saturated rings. The van der Waals surface area contributed by atoms with Gasteiger partial charge in [-0.1, -0.05) is 18.6 Å². The predicted molar refractivity (Wildman–Crippen MR) is 61.4 cm³/mol. The minimum absolute atomic E-state index is 0. The van der Waals surface area contributed by atoms with Crippen molar-refractivity contribution in [1.82, 2.24) is 5.32 Å². The molecular weight excluding hydrogens is 182 g/mol. The van der Waals surface area contributed by atoms with Crippen LogP contribution in [0.4, 0.5) is 0 Å². The Morgan fingerprint density at radius 1 is 1.08 bits per heavy atom. The van der Waals surface area contributed by atoms with Gasteiger partial charge in [0.2, 0.25) is 0 Å². The zero-order chi connectivity index (χ0) is 8.81. The van der Waals surface area contributed by atoms with E-state index in [1.165, 1.54) is 19.3 Å². The quantitative estimate of drug-likeness (QED) is 0.690. The van der Waals surface area contributed by atoms with Crippen LogP contribution in [0.25, 0.3) is 0 Å². The average molecular weight is 202 g/mol. The van der Waals surface area contributed by atoms with Gasteiger partial charge in [-0.2, -0.15) is 0 Å². The van der Waals surface area contributed by atoms with Crippen LogP contribution in [0.5, 0.6) is 0 Å². The molecule has 0 aromatic heterocycles. The standard InChI is InChI=1S/C11H19N.ClH/c1-3-6-10-8-5-9-11(12-10)7-4-2;/h3-4,10-12H,1-2,5-9H2;1H/t10-,11-;/m0./s1. The molecule has 1 rings (SSSR count). The minimum Gasteiger partial charge on any atom is -0.311 e. The molecular formula is C11H20ClN. The number of hydrogen-bond acceptors (Lipinski definition) is 1. The van der Waals surface area contributed by atoms with E-state index in [-0.39, 0.29) is 12.4 Å². The molecule has 1 nitrogen and oxygen atoms in total. The third-order valence-electron chi connectivity index (χ3n) is 2.48. The van der Waals surface area contributed by atoms with E-state index < -0.39 is 0 Å². The van der Waals surface area contributed by atoms with Crippen molar-refractivity contribution in [3.63, 3.8) is 0 Å². The fraction of sp³-hybridized carbons (Fsp3) is 0.636. The van der Waals surface area contributed by atoms with Gasteiger partial charge in [0.1, 0.15) is 0 Å². The summed E-state index contributed by atoms with van der Waals surface area (Å²) in [5, 5.41) is 3.61. The Morgan fingerprint density at radius 3 is 1.92 bits per heavy atom. The molecule has 0 unspecified atom stereocenters. The number of halogens is 1. The van der Waals surface area contributed by atoms with Crippen LogP contribution in [0.15, 0.2) is 25.3 Å². The maximum absolute atomic E-state index is 3.77. The van der Waals surface area contributed by atoms with Gasteiger partial charge in [-0.3, -0.25) is 0 Å². The zero-order valence-electron chi connectivity index (χ0n) is 8.17. The first kappa shape index (κ1) is 12.7. The summed E-state index contributed by atoms with van der Waals surface area (Å²) in [6.07, 6.45) is 10.2. The molecule has 2 atom stereocenters. The van der Waals surface area contributed by atoms with Crippen LogP contribution >= 0.6 is 12.4 Å². The van der Waals surface area contributed by atoms with Crippen LogP contribution < -0.4 is 5.32 Å². The molecule has 0 aromatic rings. The Labute approximate surface area is 87.7 Å². The van der Waals surface area contributed by atoms with E-state index >= 15 is 0 Å². The molecule has 1 aliphatic heterocycles. The van der Waals surface area contributed by atoms with E-state index in [1.54, 1.807) is 0 Å². The maximum atomic E-state index is 3.77. The van der Waals surface area contributed by atoms with Crippen LogP contribution in [0.3, 0.4) is 0 Å². The Kier molecular flexibility index (Phi) is 7.02. The van der Waals surface area contributed by atoms with Gasteiger partial charge < -0.3 is 5.32 Å². The average Bonchev–Trinajstić information content (AvgIpc) is 2.06. The number of hydrogen-bond donors (Lipinski definition) is 1. The van der Waals surface area contributed by atoms with Gasteiger partial charge in [0.15, 0.2) is 0 Å². The molecule has 1 heterocycles. The van der Waals surface area contributed by atoms with Crippen LogP contribution in [0.2, 0.25) is 0 Å². The van der Waals surface area contributed by atoms with E-state index in [0.29, 0.717) is 12.1 Å². The van der Waals surface area contributed by atoms with Crippen LogP contribution in [0, 0.1) is 0 Å². The summed E-state index contributed by atoms with van der Waals surface area (Å²) in [5.74, 6) is 0. The maximum Gasteiger partial charge on any atom is 0.0104 e. The summed E-state index contributed by atoms with van der Waals surface area (Å²) in [6, 6.07) is 1.34. The third-order valence-corrected chi connectivity index (χ3v) is 2.48. The van der Waals surface area contributed by atoms with Crippen molar-refractivity contribution >= 4 is 12.4 Å². The van der Waals surface area contributed by atoms with Crippen LogP contribution in [0.1, 0.15) is 32.1 Å². The molecule has 76 valence electrons. The SMILES string of the molecule is C=CC[C@H]1CCC[C@H](CC=C)N1.Cl. The third kappa shape index (κ3) is 4.49. The normalized spacial score (nSPS) is 27.4. The molecule has 1 aliphatic rings. The second-order valence-electron chi connectivity index (χ2n) is 3.54. The molecule has 2 heteroatoms. The van der Waals surface area contributed by atoms with Crippen molar-refractivity contribution in [2.45, 2.75) is 44.2 Å². The summed E-state index contributed by atoms with van der Waals surface area (Å²) in [4.78, 5) is 0. The van der Waals surface area contributed by atoms with Crippen molar-refractivity contribution in [3.05, 3.63) is 25.3 Å². The lowest BCUT2D eigenvalue weighted by Crippen LogP contribution is -2.41. The van der Waals surface area contributed by atoms with Crippen molar-refractivity contribution in [2.75, 3.05) is 0 Å². The fourth-order valence-electron chi connectivity index (χ4n) is 1.88. The highest BCUT2D eigenvalue weighted by atomic mass is 35.5. The Balaban J connectivity index is 0.00000144. The van der Waals surface area contributed by atoms with Crippen molar-refractivity contribution in [3.8, 4) is 0 Å². The van der Waals surface area contributed by atoms with Crippen molar-refractivity contribution in [2.24, 2.45) is 0 Å². The highest BCUT2D eigenvalue weighted by Crippen LogP contribution is 2.17. The molecule has 13 heavy (non-hydrogen) atoms. The van der Waals surface area contributed by atoms with Gasteiger partial charge in [0.05, 0.1) is 0 Å². The van der Waals surface area contributed by atoms with E-state index in [0.717, 1.165) is 12.8 Å². The number of piperidine rings is 1. The van der Waals surface area contributed by atoms with Crippen molar-refractivity contribution in [1.29, 1.82) is 0 Å². The molecule has 0 aliphatic carbocycles. The summed E-state index contributed by atoms with van der Waals surface area (Å²) in [5.41, 5.74) is 0. The lowest BCUT2D eigenvalue weighted by molar-refractivity contribution is 0.322. The number of nitrogens with one attached hydrogen (secondary N) is 1. The summed E-state index contributed by atoms with van der Waals surface area (Å²) < 4.78 is 0. The molecule has 0 radical (unpaired) electrons. The second-order valence-corrected chi connectivity index (χ2v) is 3.54. The fourth-order valence-corrected chi connectivity index (χ4v) is 1.88. The van der Waals surface area contributed by atoms with Crippen LogP contribution in [-0.4, -0.2) is 12.1 Å². The Morgan fingerprint density at radius 2 is 1.54 bits per heavy atom. The van der Waals surface area contributed by atoms with Gasteiger partial charge >= 0.3 is 0 Å². The van der Waals surface area contributed by atoms with Crippen molar-refractivity contribution < 1.29 is 0 Å². The van der Waals surface area contributed by atoms with E-state index in [2.05, 4.69) is 18.5 Å². The Bertz CT molecular complexity index is 140. The van der Waals surface area contributed by atoms with Crippen LogP contribution in [-0.2, 0) is 0 Å². The lowest BCUT2D eigenvalue weighted by atomic mass is 9.95. The molecule has 1 saturated heterocycles. The summed E-state index contributed by atoms with van der Waals surface area (Å²) >= 11 is 0. The zero-order valence-corrected chi connectivity index (χ0v) is 8.98. The first-order valence-corrected chi connectivity index (χ1v) is 4.84. The predicted octanol–water partition coefficient (Wildman–Crippen LogP) is 3.07. The summed E-state index contributed by atoms with van der Waals surface area (Å²) in [7, 11) is 0. The highest BCUT2D eigenvalue weighted by molar-refractivity contribution is 5.85. The molecule has 0 amide bonds. The van der Waals surface area contributed by atoms with Gasteiger partial charge in [-0.25, -0.2) is 0 Å². The molecule has 0 saturated carbocycles. The number of rotatable bonds is 4. The Hall–Kier alpha value is -0.270. The van der Waals surface area contributed by atoms with Gasteiger partial charge in [-0.15, -0.1) is 25.6 Å². The van der Waals surface area contributed by atoms with E-state index in [4.69, 9.17) is 0 Å². The topological polar surface area (TPSA) is 12.0 Å².